The maximum absolute atomic E-state index is 12.7. The van der Waals surface area contributed by atoms with Gasteiger partial charge in [-0.3, -0.25) is 14.6 Å². The minimum absolute atomic E-state index is 0.227. The Morgan fingerprint density at radius 2 is 1.83 bits per heavy atom. The van der Waals surface area contributed by atoms with E-state index in [0.717, 1.165) is 15.7 Å². The minimum atomic E-state index is -0.283. The molecule has 148 valence electrons. The zero-order valence-electron chi connectivity index (χ0n) is 16.2. The monoisotopic (exact) mass is 453 g/mol. The first kappa shape index (κ1) is 20.5. The molecule has 0 saturated carbocycles. The van der Waals surface area contributed by atoms with Gasteiger partial charge in [-0.15, -0.1) is 0 Å². The molecule has 7 heteroatoms. The molecule has 29 heavy (non-hydrogen) atoms. The van der Waals surface area contributed by atoms with Crippen LogP contribution in [0, 0.1) is 6.92 Å². The largest absolute Gasteiger partial charge is 0.495 e. The lowest BCUT2D eigenvalue weighted by Crippen LogP contribution is -2.15. The highest BCUT2D eigenvalue weighted by molar-refractivity contribution is 9.10. The Morgan fingerprint density at radius 3 is 2.48 bits per heavy atom. The molecule has 0 fully saturated rings. The van der Waals surface area contributed by atoms with E-state index in [0.29, 0.717) is 28.4 Å². The van der Waals surface area contributed by atoms with Gasteiger partial charge in [-0.1, -0.05) is 28.1 Å². The van der Waals surface area contributed by atoms with Crippen molar-refractivity contribution in [3.8, 4) is 17.0 Å². The molecule has 0 radical (unpaired) electrons. The van der Waals surface area contributed by atoms with E-state index in [1.165, 1.54) is 14.0 Å². The molecule has 1 aromatic heterocycles. The zero-order chi connectivity index (χ0) is 21.0. The summed E-state index contributed by atoms with van der Waals surface area (Å²) in [6.45, 7) is 3.21. The van der Waals surface area contributed by atoms with Crippen LogP contribution in [0.15, 0.2) is 59.1 Å². The Balaban J connectivity index is 1.83. The van der Waals surface area contributed by atoms with Crippen molar-refractivity contribution in [2.45, 2.75) is 13.8 Å². The number of aromatic nitrogens is 1. The highest BCUT2D eigenvalue weighted by Gasteiger charge is 2.13. The number of hydrogen-bond donors (Lipinski definition) is 2. The lowest BCUT2D eigenvalue weighted by molar-refractivity contribution is -0.114. The van der Waals surface area contributed by atoms with E-state index in [1.807, 2.05) is 30.3 Å². The lowest BCUT2D eigenvalue weighted by Gasteiger charge is -2.13. The van der Waals surface area contributed by atoms with Crippen molar-refractivity contribution in [3.05, 3.63) is 70.3 Å². The standard InChI is InChI=1S/C22H20BrN3O3/c1-13-18(8-9-19(24-13)15-5-4-6-16(23)11-15)22(28)26-17-7-10-21(29-3)20(12-17)25-14(2)27/h4-12H,1-3H3,(H,25,27)(H,26,28). The van der Waals surface area contributed by atoms with Crippen LogP contribution in [-0.2, 0) is 4.79 Å². The number of aryl methyl sites for hydroxylation is 1. The fraction of sp³-hybridized carbons (Fsp3) is 0.136. The maximum atomic E-state index is 12.7. The Morgan fingerprint density at radius 1 is 1.03 bits per heavy atom. The molecule has 2 amide bonds. The molecular formula is C22H20BrN3O3. The van der Waals surface area contributed by atoms with Gasteiger partial charge in [-0.25, -0.2) is 0 Å². The summed E-state index contributed by atoms with van der Waals surface area (Å²) in [6, 6.07) is 16.4. The first-order chi connectivity index (χ1) is 13.9. The number of nitrogens with zero attached hydrogens (tertiary/aromatic N) is 1. The molecule has 0 aliphatic heterocycles. The zero-order valence-corrected chi connectivity index (χ0v) is 17.8. The summed E-state index contributed by atoms with van der Waals surface area (Å²) in [6.07, 6.45) is 0. The van der Waals surface area contributed by atoms with Gasteiger partial charge < -0.3 is 15.4 Å². The number of pyridine rings is 1. The number of nitrogens with one attached hydrogen (secondary N) is 2. The average molecular weight is 454 g/mol. The third-order valence-corrected chi connectivity index (χ3v) is 4.71. The molecule has 6 nitrogen and oxygen atoms in total. The molecule has 0 aliphatic rings. The second kappa shape index (κ2) is 8.87. The van der Waals surface area contributed by atoms with Crippen LogP contribution < -0.4 is 15.4 Å². The molecule has 0 bridgehead atoms. The van der Waals surface area contributed by atoms with Gasteiger partial charge in [-0.05, 0) is 49.4 Å². The summed E-state index contributed by atoms with van der Waals surface area (Å²) in [5.41, 5.74) is 3.87. The van der Waals surface area contributed by atoms with Crippen LogP contribution in [0.25, 0.3) is 11.3 Å². The Hall–Kier alpha value is -3.19. The molecular weight excluding hydrogens is 434 g/mol. The summed E-state index contributed by atoms with van der Waals surface area (Å²) in [5.74, 6) is -0.000821. The Kier molecular flexibility index (Phi) is 6.29. The summed E-state index contributed by atoms with van der Waals surface area (Å²) in [7, 11) is 1.51. The van der Waals surface area contributed by atoms with Crippen molar-refractivity contribution < 1.29 is 14.3 Å². The molecule has 3 aromatic rings. The number of hydrogen-bond acceptors (Lipinski definition) is 4. The first-order valence-electron chi connectivity index (χ1n) is 8.88. The summed E-state index contributed by atoms with van der Waals surface area (Å²) in [5, 5.41) is 5.53. The number of ether oxygens (including phenoxy) is 1. The van der Waals surface area contributed by atoms with Gasteiger partial charge in [0.15, 0.2) is 0 Å². The second-order valence-corrected chi connectivity index (χ2v) is 7.31. The van der Waals surface area contributed by atoms with E-state index >= 15 is 0 Å². The smallest absolute Gasteiger partial charge is 0.257 e. The number of rotatable bonds is 5. The number of amides is 2. The van der Waals surface area contributed by atoms with Gasteiger partial charge in [-0.2, -0.15) is 0 Å². The van der Waals surface area contributed by atoms with Gasteiger partial charge in [0.1, 0.15) is 5.75 Å². The molecule has 0 saturated heterocycles. The van der Waals surface area contributed by atoms with Gasteiger partial charge in [0.05, 0.1) is 29.7 Å². The first-order valence-corrected chi connectivity index (χ1v) is 9.67. The molecule has 0 unspecified atom stereocenters. The number of carbonyl (C=O) groups is 2. The SMILES string of the molecule is COc1ccc(NC(=O)c2ccc(-c3cccc(Br)c3)nc2C)cc1NC(C)=O. The number of anilines is 2. The van der Waals surface area contributed by atoms with Gasteiger partial charge in [0, 0.05) is 22.6 Å². The number of methoxy groups -OCH3 is 1. The van der Waals surface area contributed by atoms with Crippen molar-refractivity contribution in [2.75, 3.05) is 17.7 Å². The highest BCUT2D eigenvalue weighted by Crippen LogP contribution is 2.28. The van der Waals surface area contributed by atoms with Crippen LogP contribution >= 0.6 is 15.9 Å². The van der Waals surface area contributed by atoms with Crippen LogP contribution in [0.2, 0.25) is 0 Å². The molecule has 3 rings (SSSR count). The van der Waals surface area contributed by atoms with E-state index in [2.05, 4.69) is 31.5 Å². The number of carbonyl (C=O) groups excluding carboxylic acids is 2. The number of benzene rings is 2. The molecule has 2 aromatic carbocycles. The minimum Gasteiger partial charge on any atom is -0.495 e. The third kappa shape index (κ3) is 5.00. The van der Waals surface area contributed by atoms with E-state index in [-0.39, 0.29) is 11.8 Å². The van der Waals surface area contributed by atoms with Crippen LogP contribution in [0.1, 0.15) is 23.0 Å². The van der Waals surface area contributed by atoms with Crippen LogP contribution in [0.3, 0.4) is 0 Å². The fourth-order valence-electron chi connectivity index (χ4n) is 2.88. The predicted molar refractivity (Wildman–Crippen MR) is 117 cm³/mol. The van der Waals surface area contributed by atoms with E-state index in [9.17, 15) is 9.59 Å². The van der Waals surface area contributed by atoms with Crippen molar-refractivity contribution in [3.63, 3.8) is 0 Å². The van der Waals surface area contributed by atoms with Crippen molar-refractivity contribution in [1.29, 1.82) is 0 Å². The highest BCUT2D eigenvalue weighted by atomic mass is 79.9. The molecule has 0 spiro atoms. The Labute approximate surface area is 177 Å². The normalized spacial score (nSPS) is 10.3. The summed E-state index contributed by atoms with van der Waals surface area (Å²) < 4.78 is 6.20. The van der Waals surface area contributed by atoms with Crippen LogP contribution in [-0.4, -0.2) is 23.9 Å². The predicted octanol–water partition coefficient (Wildman–Crippen LogP) is 5.04. The van der Waals surface area contributed by atoms with Gasteiger partial charge >= 0.3 is 0 Å². The molecule has 1 heterocycles. The maximum Gasteiger partial charge on any atom is 0.257 e. The topological polar surface area (TPSA) is 80.3 Å². The summed E-state index contributed by atoms with van der Waals surface area (Å²) in [4.78, 5) is 28.7. The molecule has 0 atom stereocenters. The van der Waals surface area contributed by atoms with E-state index in [1.54, 1.807) is 31.2 Å². The van der Waals surface area contributed by atoms with E-state index in [4.69, 9.17) is 4.74 Å². The average Bonchev–Trinajstić information content (AvgIpc) is 2.67. The van der Waals surface area contributed by atoms with Crippen LogP contribution in [0.5, 0.6) is 5.75 Å². The van der Waals surface area contributed by atoms with Crippen LogP contribution in [0.4, 0.5) is 11.4 Å². The van der Waals surface area contributed by atoms with E-state index < -0.39 is 0 Å². The van der Waals surface area contributed by atoms with Gasteiger partial charge in [0.2, 0.25) is 5.91 Å². The van der Waals surface area contributed by atoms with Crippen molar-refractivity contribution >= 4 is 39.1 Å². The van der Waals surface area contributed by atoms with Crippen molar-refractivity contribution in [2.24, 2.45) is 0 Å². The summed E-state index contributed by atoms with van der Waals surface area (Å²) >= 11 is 3.46. The van der Waals surface area contributed by atoms with Gasteiger partial charge in [0.25, 0.3) is 5.91 Å². The Bertz CT molecular complexity index is 1080. The molecule has 2 N–H and O–H groups in total. The quantitative estimate of drug-likeness (QED) is 0.566. The lowest BCUT2D eigenvalue weighted by atomic mass is 10.1. The third-order valence-electron chi connectivity index (χ3n) is 4.22. The second-order valence-electron chi connectivity index (χ2n) is 6.39. The fourth-order valence-corrected chi connectivity index (χ4v) is 3.28. The number of halogens is 1. The molecule has 0 aliphatic carbocycles. The van der Waals surface area contributed by atoms with Crippen molar-refractivity contribution in [1.82, 2.24) is 4.98 Å².